The number of aliphatic hydroxyl groups is 1. The minimum atomic E-state index is -2.54. The molecular weight excluding hydrogens is 211 g/mol. The fraction of sp³-hybridized carbons (Fsp3) is 0.143. The lowest BCUT2D eigenvalue weighted by Gasteiger charge is -2.02. The lowest BCUT2D eigenvalue weighted by atomic mass is 10.1. The molecule has 0 bridgehead atoms. The topological polar surface area (TPSA) is 107 Å². The van der Waals surface area contributed by atoms with Gasteiger partial charge in [-0.05, 0) is 6.07 Å². The van der Waals surface area contributed by atoms with Gasteiger partial charge in [0, 0.05) is 6.07 Å². The Balaban J connectivity index is 3.33. The molecule has 1 aromatic carbocycles. The van der Waals surface area contributed by atoms with Gasteiger partial charge in [0.05, 0.1) is 21.5 Å². The second kappa shape index (κ2) is 3.96. The molecule has 8 heteroatoms. The van der Waals surface area contributed by atoms with Gasteiger partial charge in [-0.1, -0.05) is 0 Å². The molecule has 0 saturated heterocycles. The molecule has 1 unspecified atom stereocenters. The minimum Gasteiger partial charge on any atom is -0.360 e. The molecule has 1 N–H and O–H groups in total. The van der Waals surface area contributed by atoms with Gasteiger partial charge in [-0.25, -0.2) is 4.39 Å². The molecule has 7 nitrogen and oxygen atoms in total. The summed E-state index contributed by atoms with van der Waals surface area (Å²) in [5.74, 6) is 0. The molecule has 1 atom stereocenters. The first kappa shape index (κ1) is 11.0. The first-order valence-electron chi connectivity index (χ1n) is 3.68. The first-order chi connectivity index (χ1) is 6.93. The van der Waals surface area contributed by atoms with Crippen molar-refractivity contribution >= 4 is 11.4 Å². The molecule has 0 fully saturated rings. The van der Waals surface area contributed by atoms with E-state index >= 15 is 0 Å². The van der Waals surface area contributed by atoms with Crippen molar-refractivity contribution in [1.29, 1.82) is 0 Å². The summed E-state index contributed by atoms with van der Waals surface area (Å²) in [6.07, 6.45) is -2.54. The van der Waals surface area contributed by atoms with E-state index in [1.54, 1.807) is 0 Å². The van der Waals surface area contributed by atoms with Crippen LogP contribution < -0.4 is 0 Å². The van der Waals surface area contributed by atoms with Gasteiger partial charge in [-0.15, -0.1) is 0 Å². The fourth-order valence-electron chi connectivity index (χ4n) is 1.01. The first-order valence-corrected chi connectivity index (χ1v) is 3.68. The lowest BCUT2D eigenvalue weighted by Crippen LogP contribution is -1.99. The van der Waals surface area contributed by atoms with Gasteiger partial charge < -0.3 is 5.11 Å². The van der Waals surface area contributed by atoms with Gasteiger partial charge >= 0.3 is 0 Å². The quantitative estimate of drug-likeness (QED) is 0.607. The van der Waals surface area contributed by atoms with Crippen LogP contribution in [0, 0.1) is 20.2 Å². The van der Waals surface area contributed by atoms with E-state index in [1.165, 1.54) is 0 Å². The summed E-state index contributed by atoms with van der Waals surface area (Å²) in [5.41, 5.74) is -1.96. The summed E-state index contributed by atoms with van der Waals surface area (Å²) in [5, 5.41) is 29.2. The van der Waals surface area contributed by atoms with Crippen molar-refractivity contribution in [3.63, 3.8) is 0 Å². The summed E-state index contributed by atoms with van der Waals surface area (Å²) < 4.78 is 12.5. The number of nitrogens with zero attached hydrogens (tertiary/aromatic N) is 2. The Morgan fingerprint density at radius 1 is 1.27 bits per heavy atom. The standard InChI is InChI=1S/C7H5FN2O5/c8-7(11)5-2-1-4(9(12)13)3-6(5)10(14)15/h1-3,7,11H. The Morgan fingerprint density at radius 3 is 2.27 bits per heavy atom. The molecule has 0 aliphatic carbocycles. The number of alkyl halides is 1. The zero-order valence-electron chi connectivity index (χ0n) is 7.16. The van der Waals surface area contributed by atoms with E-state index in [0.29, 0.717) is 6.07 Å². The zero-order valence-corrected chi connectivity index (χ0v) is 7.16. The zero-order chi connectivity index (χ0) is 11.6. The second-order valence-electron chi connectivity index (χ2n) is 2.59. The molecule has 0 heterocycles. The molecule has 0 aliphatic rings. The largest absolute Gasteiger partial charge is 0.360 e. The predicted molar refractivity (Wildman–Crippen MR) is 45.8 cm³/mol. The maximum atomic E-state index is 12.5. The van der Waals surface area contributed by atoms with Gasteiger partial charge in [0.1, 0.15) is 0 Å². The van der Waals surface area contributed by atoms with Crippen LogP contribution in [0.15, 0.2) is 18.2 Å². The number of hydrogen-bond acceptors (Lipinski definition) is 5. The molecule has 0 aromatic heterocycles. The highest BCUT2D eigenvalue weighted by Gasteiger charge is 2.23. The van der Waals surface area contributed by atoms with Crippen LogP contribution in [0.1, 0.15) is 11.9 Å². The third-order valence-electron chi connectivity index (χ3n) is 1.68. The van der Waals surface area contributed by atoms with Gasteiger partial charge in [0.25, 0.3) is 11.4 Å². The highest BCUT2D eigenvalue weighted by molar-refractivity contribution is 5.49. The van der Waals surface area contributed by atoms with Gasteiger partial charge in [0.2, 0.25) is 6.36 Å². The van der Waals surface area contributed by atoms with Gasteiger partial charge in [-0.2, -0.15) is 0 Å². The molecule has 0 saturated carbocycles. The van der Waals surface area contributed by atoms with Crippen LogP contribution in [0.5, 0.6) is 0 Å². The van der Waals surface area contributed by atoms with E-state index in [4.69, 9.17) is 5.11 Å². The minimum absolute atomic E-state index is 0.536. The molecular formula is C7H5FN2O5. The van der Waals surface area contributed by atoms with Crippen molar-refractivity contribution in [2.45, 2.75) is 6.36 Å². The highest BCUT2D eigenvalue weighted by Crippen LogP contribution is 2.29. The number of halogens is 1. The summed E-state index contributed by atoms with van der Waals surface area (Å²) in [6.45, 7) is 0. The molecule has 0 aliphatic heterocycles. The Bertz CT molecular complexity index is 420. The van der Waals surface area contributed by atoms with Crippen molar-refractivity contribution in [1.82, 2.24) is 0 Å². The summed E-state index contributed by atoms with van der Waals surface area (Å²) in [7, 11) is 0. The number of rotatable bonds is 3. The van der Waals surface area contributed by atoms with Crippen molar-refractivity contribution in [2.75, 3.05) is 0 Å². The average molecular weight is 216 g/mol. The highest BCUT2D eigenvalue weighted by atomic mass is 19.1. The van der Waals surface area contributed by atoms with Gasteiger partial charge in [-0.3, -0.25) is 20.2 Å². The molecule has 15 heavy (non-hydrogen) atoms. The lowest BCUT2D eigenvalue weighted by molar-refractivity contribution is -0.395. The summed E-state index contributed by atoms with van der Waals surface area (Å²) >= 11 is 0. The Morgan fingerprint density at radius 2 is 1.87 bits per heavy atom. The Labute approximate surface area is 82.1 Å². The normalized spacial score (nSPS) is 12.1. The van der Waals surface area contributed by atoms with E-state index in [1.807, 2.05) is 0 Å². The van der Waals surface area contributed by atoms with E-state index in [9.17, 15) is 24.6 Å². The van der Waals surface area contributed by atoms with Crippen LogP contribution in [0.3, 0.4) is 0 Å². The number of benzene rings is 1. The number of nitro benzene ring substituents is 2. The molecule has 1 rings (SSSR count). The van der Waals surface area contributed by atoms with E-state index in [-0.39, 0.29) is 0 Å². The SMILES string of the molecule is O=[N+]([O-])c1ccc(C(O)F)c([N+](=O)[O-])c1. The fourth-order valence-corrected chi connectivity index (χ4v) is 1.01. The molecule has 1 aromatic rings. The summed E-state index contributed by atoms with van der Waals surface area (Å²) in [4.78, 5) is 18.8. The smallest absolute Gasteiger partial charge is 0.284 e. The van der Waals surface area contributed by atoms with Crippen LogP contribution in [-0.4, -0.2) is 15.0 Å². The van der Waals surface area contributed by atoms with Crippen molar-refractivity contribution in [3.05, 3.63) is 44.0 Å². The Hall–Kier alpha value is -2.09. The Kier molecular flexibility index (Phi) is 2.90. The number of nitro groups is 2. The van der Waals surface area contributed by atoms with Crippen LogP contribution in [0.4, 0.5) is 15.8 Å². The van der Waals surface area contributed by atoms with Crippen LogP contribution in [0.25, 0.3) is 0 Å². The van der Waals surface area contributed by atoms with E-state index < -0.39 is 33.1 Å². The monoisotopic (exact) mass is 216 g/mol. The van der Waals surface area contributed by atoms with Crippen LogP contribution in [0.2, 0.25) is 0 Å². The second-order valence-corrected chi connectivity index (χ2v) is 2.59. The number of non-ortho nitro benzene ring substituents is 1. The molecule has 0 amide bonds. The maximum Gasteiger partial charge on any atom is 0.284 e. The predicted octanol–water partition coefficient (Wildman–Crippen LogP) is 1.46. The molecule has 0 spiro atoms. The van der Waals surface area contributed by atoms with Crippen molar-refractivity contribution < 1.29 is 19.3 Å². The van der Waals surface area contributed by atoms with Gasteiger partial charge in [0.15, 0.2) is 0 Å². The average Bonchev–Trinajstić information content (AvgIpc) is 2.16. The van der Waals surface area contributed by atoms with E-state index in [0.717, 1.165) is 12.1 Å². The van der Waals surface area contributed by atoms with E-state index in [2.05, 4.69) is 0 Å². The maximum absolute atomic E-state index is 12.5. The number of aliphatic hydroxyl groups excluding tert-OH is 1. The number of hydrogen-bond donors (Lipinski definition) is 1. The molecule has 0 radical (unpaired) electrons. The van der Waals surface area contributed by atoms with Crippen molar-refractivity contribution in [3.8, 4) is 0 Å². The molecule has 80 valence electrons. The van der Waals surface area contributed by atoms with Crippen LogP contribution >= 0.6 is 0 Å². The third-order valence-corrected chi connectivity index (χ3v) is 1.68. The van der Waals surface area contributed by atoms with Crippen molar-refractivity contribution in [2.24, 2.45) is 0 Å². The summed E-state index contributed by atoms with van der Waals surface area (Å²) in [6, 6.07) is 2.28. The third kappa shape index (κ3) is 2.23. The van der Waals surface area contributed by atoms with Crippen LogP contribution in [-0.2, 0) is 0 Å².